The van der Waals surface area contributed by atoms with Gasteiger partial charge in [-0.1, -0.05) is 30.3 Å². The van der Waals surface area contributed by atoms with E-state index in [9.17, 15) is 14.9 Å². The molecule has 0 aliphatic rings. The van der Waals surface area contributed by atoms with Gasteiger partial charge in [-0.2, -0.15) is 0 Å². The van der Waals surface area contributed by atoms with E-state index in [1.54, 1.807) is 19.3 Å². The first-order valence-corrected chi connectivity index (χ1v) is 9.03. The number of anilines is 1. The van der Waals surface area contributed by atoms with Gasteiger partial charge in [0, 0.05) is 18.9 Å². The van der Waals surface area contributed by atoms with Gasteiger partial charge >= 0.3 is 0 Å². The Bertz CT molecular complexity index is 852. The Morgan fingerprint density at radius 3 is 2.67 bits per heavy atom. The van der Waals surface area contributed by atoms with E-state index in [-0.39, 0.29) is 25.0 Å². The number of fused-ring (bicyclic) bond motifs is 1. The number of rotatable bonds is 6. The van der Waals surface area contributed by atoms with E-state index in [4.69, 9.17) is 5.73 Å². The normalized spacial score (nSPS) is 11.2. The van der Waals surface area contributed by atoms with Crippen molar-refractivity contribution in [3.05, 3.63) is 70.5 Å². The lowest BCUT2D eigenvalue weighted by atomic mass is 9.98. The molecule has 142 valence electrons. The second-order valence-electron chi connectivity index (χ2n) is 5.35. The van der Waals surface area contributed by atoms with Crippen molar-refractivity contribution < 1.29 is 14.7 Å². The SMILES string of the molecule is CCO[N+](=O)[O-].NCC(C(=O)Nc1cc2ccncc2s1)c1ccccc1. The average Bonchev–Trinajstić information content (AvgIpc) is 3.06. The zero-order chi connectivity index (χ0) is 19.6. The molecule has 0 saturated carbocycles. The van der Waals surface area contributed by atoms with Crippen molar-refractivity contribution >= 4 is 32.3 Å². The molecular formula is C18H20N4O4S. The summed E-state index contributed by atoms with van der Waals surface area (Å²) < 4.78 is 1.05. The molecule has 3 aromatic rings. The van der Waals surface area contributed by atoms with Crippen molar-refractivity contribution in [3.63, 3.8) is 0 Å². The highest BCUT2D eigenvalue weighted by Crippen LogP contribution is 2.29. The Hall–Kier alpha value is -3.04. The maximum atomic E-state index is 12.4. The van der Waals surface area contributed by atoms with Crippen molar-refractivity contribution in [1.29, 1.82) is 0 Å². The highest BCUT2D eigenvalue weighted by Gasteiger charge is 2.19. The monoisotopic (exact) mass is 388 g/mol. The largest absolute Gasteiger partial charge is 0.329 e. The number of nitrogens with two attached hydrogens (primary N) is 1. The Balaban J connectivity index is 0.000000380. The number of pyridine rings is 1. The fourth-order valence-corrected chi connectivity index (χ4v) is 3.27. The molecule has 3 N–H and O–H groups in total. The highest BCUT2D eigenvalue weighted by atomic mass is 32.1. The second kappa shape index (κ2) is 10.2. The average molecular weight is 388 g/mol. The molecule has 0 bridgehead atoms. The number of carbonyl (C=O) groups is 1. The number of hydrogen-bond acceptors (Lipinski definition) is 7. The molecule has 2 aromatic heterocycles. The van der Waals surface area contributed by atoms with Gasteiger partial charge in [0.25, 0.3) is 5.09 Å². The molecule has 8 nitrogen and oxygen atoms in total. The summed E-state index contributed by atoms with van der Waals surface area (Å²) in [6, 6.07) is 13.5. The van der Waals surface area contributed by atoms with Crippen molar-refractivity contribution in [2.24, 2.45) is 5.73 Å². The third-order valence-electron chi connectivity index (χ3n) is 3.56. The van der Waals surface area contributed by atoms with Crippen LogP contribution in [0.2, 0.25) is 0 Å². The molecule has 0 aliphatic carbocycles. The van der Waals surface area contributed by atoms with Gasteiger partial charge in [0.2, 0.25) is 5.91 Å². The fraction of sp³-hybridized carbons (Fsp3) is 0.222. The molecule has 0 fully saturated rings. The van der Waals surface area contributed by atoms with Crippen LogP contribution >= 0.6 is 11.3 Å². The van der Waals surface area contributed by atoms with Crippen LogP contribution in [0.4, 0.5) is 5.00 Å². The maximum Gasteiger partial charge on any atom is 0.294 e. The van der Waals surface area contributed by atoms with E-state index in [0.29, 0.717) is 0 Å². The zero-order valence-corrected chi connectivity index (χ0v) is 15.5. The first kappa shape index (κ1) is 20.3. The van der Waals surface area contributed by atoms with Crippen LogP contribution < -0.4 is 11.1 Å². The van der Waals surface area contributed by atoms with E-state index in [1.807, 2.05) is 42.5 Å². The van der Waals surface area contributed by atoms with Crippen LogP contribution in [0, 0.1) is 10.1 Å². The van der Waals surface area contributed by atoms with Gasteiger partial charge in [0.1, 0.15) is 0 Å². The van der Waals surface area contributed by atoms with Crippen molar-refractivity contribution in [1.82, 2.24) is 4.98 Å². The first-order chi connectivity index (χ1) is 13.0. The molecule has 27 heavy (non-hydrogen) atoms. The molecule has 0 spiro atoms. The predicted molar refractivity (Wildman–Crippen MR) is 105 cm³/mol. The predicted octanol–water partition coefficient (Wildman–Crippen LogP) is 3.19. The highest BCUT2D eigenvalue weighted by molar-refractivity contribution is 7.22. The van der Waals surface area contributed by atoms with Crippen LogP contribution in [-0.2, 0) is 9.63 Å². The van der Waals surface area contributed by atoms with Crippen LogP contribution in [0.25, 0.3) is 10.1 Å². The minimum atomic E-state index is -0.819. The number of nitrogens with zero attached hydrogens (tertiary/aromatic N) is 2. The third kappa shape index (κ3) is 6.01. The lowest BCUT2D eigenvalue weighted by molar-refractivity contribution is -0.756. The van der Waals surface area contributed by atoms with Crippen molar-refractivity contribution in [2.45, 2.75) is 12.8 Å². The van der Waals surface area contributed by atoms with E-state index >= 15 is 0 Å². The first-order valence-electron chi connectivity index (χ1n) is 8.21. The zero-order valence-electron chi connectivity index (χ0n) is 14.7. The van der Waals surface area contributed by atoms with E-state index in [1.165, 1.54) is 11.3 Å². The number of amides is 1. The smallest absolute Gasteiger partial charge is 0.294 e. The summed E-state index contributed by atoms with van der Waals surface area (Å²) in [5, 5.41) is 13.2. The number of aromatic nitrogens is 1. The molecule has 1 atom stereocenters. The Kier molecular flexibility index (Phi) is 7.65. The molecule has 1 unspecified atom stereocenters. The number of hydrogen-bond donors (Lipinski definition) is 2. The fourth-order valence-electron chi connectivity index (χ4n) is 2.34. The minimum Gasteiger partial charge on any atom is -0.329 e. The Labute approximate surface area is 160 Å². The number of nitrogens with one attached hydrogen (secondary N) is 1. The number of benzene rings is 1. The molecule has 0 saturated heterocycles. The topological polar surface area (TPSA) is 120 Å². The molecule has 9 heteroatoms. The van der Waals surface area contributed by atoms with Crippen LogP contribution in [0.5, 0.6) is 0 Å². The summed E-state index contributed by atoms with van der Waals surface area (Å²) in [5.74, 6) is -0.419. The molecule has 1 aromatic carbocycles. The maximum absolute atomic E-state index is 12.4. The quantitative estimate of drug-likeness (QED) is 0.494. The Morgan fingerprint density at radius 1 is 1.37 bits per heavy atom. The van der Waals surface area contributed by atoms with E-state index < -0.39 is 5.09 Å². The van der Waals surface area contributed by atoms with E-state index in [2.05, 4.69) is 15.1 Å². The van der Waals surface area contributed by atoms with Crippen LogP contribution in [0.3, 0.4) is 0 Å². The third-order valence-corrected chi connectivity index (χ3v) is 4.56. The van der Waals surface area contributed by atoms with Gasteiger partial charge in [-0.05, 0) is 30.0 Å². The summed E-state index contributed by atoms with van der Waals surface area (Å²) in [5.41, 5.74) is 6.70. The van der Waals surface area contributed by atoms with Gasteiger partial charge in [-0.3, -0.25) is 9.78 Å². The van der Waals surface area contributed by atoms with Gasteiger partial charge in [-0.25, -0.2) is 0 Å². The van der Waals surface area contributed by atoms with Gasteiger partial charge in [-0.15, -0.1) is 21.5 Å². The lowest BCUT2D eigenvalue weighted by Gasteiger charge is -2.14. The molecule has 3 rings (SSSR count). The minimum absolute atomic E-state index is 0.0804. The Morgan fingerprint density at radius 2 is 2.11 bits per heavy atom. The van der Waals surface area contributed by atoms with E-state index in [0.717, 1.165) is 20.7 Å². The molecule has 0 aliphatic heterocycles. The molecular weight excluding hydrogens is 368 g/mol. The molecule has 2 heterocycles. The van der Waals surface area contributed by atoms with Crippen LogP contribution in [-0.4, -0.2) is 29.1 Å². The summed E-state index contributed by atoms with van der Waals surface area (Å²) in [6.45, 7) is 1.97. The number of thiophene rings is 1. The molecule has 1 amide bonds. The van der Waals surface area contributed by atoms with Gasteiger partial charge in [0.15, 0.2) is 0 Å². The van der Waals surface area contributed by atoms with Crippen LogP contribution in [0.1, 0.15) is 18.4 Å². The van der Waals surface area contributed by atoms with Gasteiger partial charge < -0.3 is 15.9 Å². The van der Waals surface area contributed by atoms with Crippen LogP contribution in [0.15, 0.2) is 54.9 Å². The summed E-state index contributed by atoms with van der Waals surface area (Å²) in [7, 11) is 0. The summed E-state index contributed by atoms with van der Waals surface area (Å²) in [6.07, 6.45) is 3.54. The van der Waals surface area contributed by atoms with Crippen molar-refractivity contribution in [3.8, 4) is 0 Å². The number of carbonyl (C=O) groups excluding carboxylic acids is 1. The summed E-state index contributed by atoms with van der Waals surface area (Å²) >= 11 is 1.51. The summed E-state index contributed by atoms with van der Waals surface area (Å²) in [4.78, 5) is 29.4. The second-order valence-corrected chi connectivity index (χ2v) is 6.44. The lowest BCUT2D eigenvalue weighted by Crippen LogP contribution is -2.27. The molecule has 0 radical (unpaired) electrons. The standard InChI is InChI=1S/C16H15N3OS.C2H5NO3/c17-9-13(11-4-2-1-3-5-11)16(20)19-15-8-12-6-7-18-10-14(12)21-15;1-2-6-3(4)5/h1-8,10,13H,9,17H2,(H,19,20);2H2,1H3. The van der Waals surface area contributed by atoms with Gasteiger partial charge in [0.05, 0.1) is 22.2 Å². The van der Waals surface area contributed by atoms with Crippen molar-refractivity contribution in [2.75, 3.05) is 18.5 Å².